The van der Waals surface area contributed by atoms with Gasteiger partial charge in [-0.2, -0.15) is 0 Å². The average molecular weight is 283 g/mol. The number of halogens is 1. The Balaban J connectivity index is 2.38. The minimum atomic E-state index is -0.702. The lowest BCUT2D eigenvalue weighted by Crippen LogP contribution is -2.13. The number of rotatable bonds is 3. The van der Waals surface area contributed by atoms with Gasteiger partial charge in [-0.05, 0) is 49.4 Å². The Kier molecular flexibility index (Phi) is 2.82. The zero-order valence-corrected chi connectivity index (χ0v) is 11.1. The Morgan fingerprint density at radius 3 is 2.50 bits per heavy atom. The molecule has 2 nitrogen and oxygen atoms in total. The number of hydrogen-bond acceptors (Lipinski definition) is 1. The summed E-state index contributed by atoms with van der Waals surface area (Å²) in [6, 6.07) is 4.22. The number of carboxylic acids is 1. The Hall–Kier alpha value is -0.830. The number of carbonyl (C=O) groups is 1. The summed E-state index contributed by atoms with van der Waals surface area (Å²) >= 11 is 3.54. The van der Waals surface area contributed by atoms with E-state index < -0.39 is 5.97 Å². The lowest BCUT2D eigenvalue weighted by Gasteiger charge is -2.16. The summed E-state index contributed by atoms with van der Waals surface area (Å²) in [4.78, 5) is 10.9. The minimum absolute atomic E-state index is 0.0905. The zero-order valence-electron chi connectivity index (χ0n) is 9.51. The molecule has 1 aliphatic carbocycles. The fraction of sp³-hybridized carbons (Fsp3) is 0.462. The summed E-state index contributed by atoms with van der Waals surface area (Å²) in [5.74, 6) is -0.702. The van der Waals surface area contributed by atoms with Crippen molar-refractivity contribution >= 4 is 21.9 Å². The van der Waals surface area contributed by atoms with Crippen molar-refractivity contribution in [3.05, 3.63) is 33.3 Å². The topological polar surface area (TPSA) is 37.3 Å². The van der Waals surface area contributed by atoms with Gasteiger partial charge in [0.05, 0.1) is 6.42 Å². The fourth-order valence-corrected chi connectivity index (χ4v) is 2.69. The smallest absolute Gasteiger partial charge is 0.304 e. The van der Waals surface area contributed by atoms with Gasteiger partial charge in [0.15, 0.2) is 0 Å². The Labute approximate surface area is 104 Å². The molecule has 0 radical (unpaired) electrons. The standard InChI is InChI=1S/C13H15BrO2/c1-8-5-10(6-11(14)9(8)2)13(3-4-13)7-12(15)16/h5-6H,3-4,7H2,1-2H3,(H,15,16). The first-order valence-electron chi connectivity index (χ1n) is 5.44. The van der Waals surface area contributed by atoms with Crippen molar-refractivity contribution in [1.82, 2.24) is 0 Å². The van der Waals surface area contributed by atoms with Crippen LogP contribution in [0, 0.1) is 13.8 Å². The van der Waals surface area contributed by atoms with Crippen LogP contribution < -0.4 is 0 Å². The molecule has 1 N–H and O–H groups in total. The maximum Gasteiger partial charge on any atom is 0.304 e. The SMILES string of the molecule is Cc1cc(C2(CC(=O)O)CC2)cc(Br)c1C. The van der Waals surface area contributed by atoms with Crippen molar-refractivity contribution < 1.29 is 9.90 Å². The Bertz CT molecular complexity index is 424. The summed E-state index contributed by atoms with van der Waals surface area (Å²) < 4.78 is 1.08. The lowest BCUT2D eigenvalue weighted by molar-refractivity contribution is -0.137. The van der Waals surface area contributed by atoms with Gasteiger partial charge in [0.25, 0.3) is 0 Å². The zero-order chi connectivity index (χ0) is 11.9. The second-order valence-corrected chi connectivity index (χ2v) is 5.61. The van der Waals surface area contributed by atoms with Gasteiger partial charge in [0.2, 0.25) is 0 Å². The summed E-state index contributed by atoms with van der Waals surface area (Å²) in [6.45, 7) is 4.14. The minimum Gasteiger partial charge on any atom is -0.481 e. The molecule has 1 saturated carbocycles. The highest BCUT2D eigenvalue weighted by Gasteiger charge is 2.46. The summed E-state index contributed by atoms with van der Waals surface area (Å²) in [6.07, 6.45) is 2.24. The normalized spacial score (nSPS) is 17.2. The molecule has 86 valence electrons. The van der Waals surface area contributed by atoms with Gasteiger partial charge in [-0.3, -0.25) is 4.79 Å². The maximum absolute atomic E-state index is 10.9. The molecule has 1 aromatic carbocycles. The fourth-order valence-electron chi connectivity index (χ4n) is 2.13. The molecule has 0 bridgehead atoms. The van der Waals surface area contributed by atoms with Gasteiger partial charge in [-0.15, -0.1) is 0 Å². The molecule has 0 unspecified atom stereocenters. The van der Waals surface area contributed by atoms with Crippen LogP contribution in [0.25, 0.3) is 0 Å². The number of aryl methyl sites for hydroxylation is 1. The molecule has 0 aromatic heterocycles. The highest BCUT2D eigenvalue weighted by Crippen LogP contribution is 2.51. The molecular weight excluding hydrogens is 268 g/mol. The molecule has 0 spiro atoms. The van der Waals surface area contributed by atoms with E-state index in [0.29, 0.717) is 0 Å². The van der Waals surface area contributed by atoms with Crippen LogP contribution in [0.3, 0.4) is 0 Å². The molecular formula is C13H15BrO2. The largest absolute Gasteiger partial charge is 0.481 e. The average Bonchev–Trinajstić information content (AvgIpc) is 2.93. The van der Waals surface area contributed by atoms with Gasteiger partial charge in [-0.1, -0.05) is 22.0 Å². The van der Waals surface area contributed by atoms with Gasteiger partial charge >= 0.3 is 5.97 Å². The van der Waals surface area contributed by atoms with Crippen LogP contribution in [-0.2, 0) is 10.2 Å². The van der Waals surface area contributed by atoms with E-state index in [1.807, 2.05) is 0 Å². The molecule has 1 fully saturated rings. The van der Waals surface area contributed by atoms with Crippen LogP contribution in [-0.4, -0.2) is 11.1 Å². The summed E-state index contributed by atoms with van der Waals surface area (Å²) in [5, 5.41) is 8.93. The van der Waals surface area contributed by atoms with Crippen LogP contribution in [0.15, 0.2) is 16.6 Å². The van der Waals surface area contributed by atoms with Crippen LogP contribution in [0.4, 0.5) is 0 Å². The van der Waals surface area contributed by atoms with Crippen LogP contribution in [0.1, 0.15) is 36.0 Å². The molecule has 0 aliphatic heterocycles. The van der Waals surface area contributed by atoms with Crippen molar-refractivity contribution in [3.8, 4) is 0 Å². The third kappa shape index (κ3) is 2.01. The Morgan fingerprint density at radius 2 is 2.06 bits per heavy atom. The molecule has 1 aliphatic rings. The first kappa shape index (κ1) is 11.6. The van der Waals surface area contributed by atoms with E-state index >= 15 is 0 Å². The van der Waals surface area contributed by atoms with Crippen molar-refractivity contribution in [3.63, 3.8) is 0 Å². The highest BCUT2D eigenvalue weighted by atomic mass is 79.9. The van der Waals surface area contributed by atoms with E-state index in [2.05, 4.69) is 41.9 Å². The van der Waals surface area contributed by atoms with Gasteiger partial charge in [0.1, 0.15) is 0 Å². The van der Waals surface area contributed by atoms with Crippen LogP contribution in [0.5, 0.6) is 0 Å². The second kappa shape index (κ2) is 3.88. The number of carboxylic acid groups (broad SMARTS) is 1. The van der Waals surface area contributed by atoms with E-state index in [4.69, 9.17) is 5.11 Å². The van der Waals surface area contributed by atoms with E-state index in [1.165, 1.54) is 16.7 Å². The van der Waals surface area contributed by atoms with Crippen molar-refractivity contribution in [2.24, 2.45) is 0 Å². The third-order valence-corrected chi connectivity index (χ3v) is 4.38. The van der Waals surface area contributed by atoms with E-state index in [0.717, 1.165) is 17.3 Å². The predicted octanol–water partition coefficient (Wildman–Crippen LogP) is 3.57. The van der Waals surface area contributed by atoms with Crippen LogP contribution in [0.2, 0.25) is 0 Å². The molecule has 0 amide bonds. The maximum atomic E-state index is 10.9. The Morgan fingerprint density at radius 1 is 1.44 bits per heavy atom. The van der Waals surface area contributed by atoms with E-state index in [1.54, 1.807) is 0 Å². The molecule has 0 saturated heterocycles. The van der Waals surface area contributed by atoms with Gasteiger partial charge in [-0.25, -0.2) is 0 Å². The van der Waals surface area contributed by atoms with E-state index in [9.17, 15) is 4.79 Å². The first-order chi connectivity index (χ1) is 7.44. The van der Waals surface area contributed by atoms with Gasteiger partial charge in [0, 0.05) is 9.89 Å². The van der Waals surface area contributed by atoms with Crippen molar-refractivity contribution in [1.29, 1.82) is 0 Å². The number of aliphatic carboxylic acids is 1. The van der Waals surface area contributed by atoms with E-state index in [-0.39, 0.29) is 11.8 Å². The van der Waals surface area contributed by atoms with Crippen molar-refractivity contribution in [2.45, 2.75) is 38.5 Å². The molecule has 0 heterocycles. The summed E-state index contributed by atoms with van der Waals surface area (Å²) in [5.41, 5.74) is 3.54. The molecule has 2 rings (SSSR count). The second-order valence-electron chi connectivity index (χ2n) is 4.75. The molecule has 16 heavy (non-hydrogen) atoms. The first-order valence-corrected chi connectivity index (χ1v) is 6.23. The number of hydrogen-bond donors (Lipinski definition) is 1. The third-order valence-electron chi connectivity index (χ3n) is 3.56. The molecule has 1 aromatic rings. The van der Waals surface area contributed by atoms with Crippen molar-refractivity contribution in [2.75, 3.05) is 0 Å². The number of benzene rings is 1. The molecule has 3 heteroatoms. The lowest BCUT2D eigenvalue weighted by atomic mass is 9.90. The van der Waals surface area contributed by atoms with Gasteiger partial charge < -0.3 is 5.11 Å². The highest BCUT2D eigenvalue weighted by molar-refractivity contribution is 9.10. The quantitative estimate of drug-likeness (QED) is 0.920. The monoisotopic (exact) mass is 282 g/mol. The molecule has 0 atom stereocenters. The summed E-state index contributed by atoms with van der Waals surface area (Å²) in [7, 11) is 0. The predicted molar refractivity (Wildman–Crippen MR) is 66.8 cm³/mol. The van der Waals surface area contributed by atoms with Crippen LogP contribution >= 0.6 is 15.9 Å².